The molecule has 116 valence electrons. The molecule has 0 aliphatic carbocycles. The summed E-state index contributed by atoms with van der Waals surface area (Å²) in [5.41, 5.74) is 0.129. The van der Waals surface area contributed by atoms with Crippen molar-refractivity contribution in [2.75, 3.05) is 19.6 Å². The van der Waals surface area contributed by atoms with Crippen molar-refractivity contribution < 1.29 is 14.3 Å². The predicted octanol–water partition coefficient (Wildman–Crippen LogP) is -0.146. The maximum absolute atomic E-state index is 12.0. The summed E-state index contributed by atoms with van der Waals surface area (Å²) < 4.78 is 5.71. The van der Waals surface area contributed by atoms with Crippen LogP contribution in [-0.2, 0) is 9.59 Å². The Hall–Kier alpha value is -2.69. The minimum absolute atomic E-state index is 0.0172. The fourth-order valence-electron chi connectivity index (χ4n) is 2.22. The van der Waals surface area contributed by atoms with Crippen molar-refractivity contribution in [3.8, 4) is 11.9 Å². The molecule has 0 spiro atoms. The monoisotopic (exact) mass is 303 g/mol. The second kappa shape index (κ2) is 7.36. The van der Waals surface area contributed by atoms with E-state index in [9.17, 15) is 9.59 Å². The topological polar surface area (TPSA) is 108 Å². The van der Waals surface area contributed by atoms with Crippen LogP contribution in [0.4, 0.5) is 0 Å². The summed E-state index contributed by atoms with van der Waals surface area (Å²) in [6.07, 6.45) is 4.21. The van der Waals surface area contributed by atoms with Gasteiger partial charge in [-0.2, -0.15) is 5.26 Å². The Balaban J connectivity index is 1.94. The zero-order valence-corrected chi connectivity index (χ0v) is 12.3. The van der Waals surface area contributed by atoms with E-state index in [0.717, 1.165) is 12.8 Å². The van der Waals surface area contributed by atoms with Gasteiger partial charge in [-0.25, -0.2) is 9.97 Å². The summed E-state index contributed by atoms with van der Waals surface area (Å²) in [5, 5.41) is 11.5. The van der Waals surface area contributed by atoms with Gasteiger partial charge in [-0.15, -0.1) is 0 Å². The van der Waals surface area contributed by atoms with Gasteiger partial charge in [-0.05, 0) is 12.8 Å². The standard InChI is InChI=1S/C14H17N5O3/c1-10(20)18-8-13(21)19-6-2-3-11(9-19)22-14-12(7-15)16-4-5-17-14/h4-5,11H,2-3,6,8-9H2,1H3,(H,18,20). The lowest BCUT2D eigenvalue weighted by atomic mass is 10.1. The first kappa shape index (κ1) is 15.7. The molecule has 1 fully saturated rings. The number of nitrogens with zero attached hydrogens (tertiary/aromatic N) is 4. The molecule has 1 aromatic rings. The SMILES string of the molecule is CC(=O)NCC(=O)N1CCCC(Oc2nccnc2C#N)C1. The van der Waals surface area contributed by atoms with E-state index in [1.807, 2.05) is 6.07 Å². The van der Waals surface area contributed by atoms with Gasteiger partial charge in [0.05, 0.1) is 13.1 Å². The van der Waals surface area contributed by atoms with E-state index in [1.54, 1.807) is 4.90 Å². The van der Waals surface area contributed by atoms with Crippen LogP contribution in [0.25, 0.3) is 0 Å². The van der Waals surface area contributed by atoms with Gasteiger partial charge in [-0.3, -0.25) is 9.59 Å². The van der Waals surface area contributed by atoms with Gasteiger partial charge in [0.15, 0.2) is 0 Å². The molecule has 8 heteroatoms. The smallest absolute Gasteiger partial charge is 0.251 e. The molecule has 2 heterocycles. The van der Waals surface area contributed by atoms with Crippen LogP contribution >= 0.6 is 0 Å². The largest absolute Gasteiger partial charge is 0.470 e. The minimum atomic E-state index is -0.239. The number of hydrogen-bond acceptors (Lipinski definition) is 6. The predicted molar refractivity (Wildman–Crippen MR) is 75.7 cm³/mol. The molecular weight excluding hydrogens is 286 g/mol. The van der Waals surface area contributed by atoms with Crippen LogP contribution in [0.5, 0.6) is 5.88 Å². The molecule has 22 heavy (non-hydrogen) atoms. The molecular formula is C14H17N5O3. The van der Waals surface area contributed by atoms with Gasteiger partial charge in [0, 0.05) is 25.9 Å². The normalized spacial score (nSPS) is 17.5. The van der Waals surface area contributed by atoms with Crippen molar-refractivity contribution >= 4 is 11.8 Å². The van der Waals surface area contributed by atoms with Crippen molar-refractivity contribution in [1.29, 1.82) is 5.26 Å². The number of nitriles is 1. The Morgan fingerprint density at radius 3 is 3.00 bits per heavy atom. The number of carbonyl (C=O) groups is 2. The summed E-state index contributed by atoms with van der Waals surface area (Å²) in [4.78, 5) is 32.4. The number of ether oxygens (including phenoxy) is 1. The molecule has 0 saturated carbocycles. The molecule has 1 N–H and O–H groups in total. The van der Waals surface area contributed by atoms with E-state index in [1.165, 1.54) is 19.3 Å². The van der Waals surface area contributed by atoms with E-state index < -0.39 is 0 Å². The third-order valence-corrected chi connectivity index (χ3v) is 3.27. The fourth-order valence-corrected chi connectivity index (χ4v) is 2.22. The minimum Gasteiger partial charge on any atom is -0.470 e. The molecule has 2 rings (SSSR count). The number of nitrogens with one attached hydrogen (secondary N) is 1. The molecule has 0 bridgehead atoms. The molecule has 1 saturated heterocycles. The molecule has 1 atom stereocenters. The van der Waals surface area contributed by atoms with Crippen LogP contribution in [0, 0.1) is 11.3 Å². The Kier molecular flexibility index (Phi) is 5.25. The summed E-state index contributed by atoms with van der Waals surface area (Å²) in [7, 11) is 0. The van der Waals surface area contributed by atoms with E-state index in [2.05, 4.69) is 15.3 Å². The lowest BCUT2D eigenvalue weighted by Gasteiger charge is -2.32. The van der Waals surface area contributed by atoms with Crippen LogP contribution in [0.2, 0.25) is 0 Å². The molecule has 2 amide bonds. The Labute approximate surface area is 128 Å². The Morgan fingerprint density at radius 1 is 1.50 bits per heavy atom. The molecule has 0 radical (unpaired) electrons. The molecule has 1 aromatic heterocycles. The van der Waals surface area contributed by atoms with E-state index in [-0.39, 0.29) is 36.0 Å². The number of aromatic nitrogens is 2. The number of amides is 2. The fraction of sp³-hybridized carbons (Fsp3) is 0.500. The highest BCUT2D eigenvalue weighted by Crippen LogP contribution is 2.18. The quantitative estimate of drug-likeness (QED) is 0.829. The number of piperidine rings is 1. The van der Waals surface area contributed by atoms with Gasteiger partial charge in [0.2, 0.25) is 17.5 Å². The van der Waals surface area contributed by atoms with Gasteiger partial charge >= 0.3 is 0 Å². The summed E-state index contributed by atoms with van der Waals surface area (Å²) in [6, 6.07) is 1.93. The molecule has 8 nitrogen and oxygen atoms in total. The highest BCUT2D eigenvalue weighted by atomic mass is 16.5. The maximum Gasteiger partial charge on any atom is 0.251 e. The average molecular weight is 303 g/mol. The van der Waals surface area contributed by atoms with E-state index in [0.29, 0.717) is 13.1 Å². The highest BCUT2D eigenvalue weighted by molar-refractivity contribution is 5.83. The summed E-state index contributed by atoms with van der Waals surface area (Å²) >= 11 is 0. The van der Waals surface area contributed by atoms with Gasteiger partial charge in [-0.1, -0.05) is 0 Å². The van der Waals surface area contributed by atoms with Gasteiger partial charge in [0.1, 0.15) is 12.2 Å². The van der Waals surface area contributed by atoms with Gasteiger partial charge in [0.25, 0.3) is 5.88 Å². The molecule has 1 aliphatic heterocycles. The Morgan fingerprint density at radius 2 is 2.27 bits per heavy atom. The van der Waals surface area contributed by atoms with Crippen molar-refractivity contribution in [3.05, 3.63) is 18.1 Å². The summed E-state index contributed by atoms with van der Waals surface area (Å²) in [6.45, 7) is 2.38. The number of rotatable bonds is 4. The first-order valence-corrected chi connectivity index (χ1v) is 7.00. The van der Waals surface area contributed by atoms with Crippen molar-refractivity contribution in [2.24, 2.45) is 0 Å². The maximum atomic E-state index is 12.0. The molecule has 1 aliphatic rings. The van der Waals surface area contributed by atoms with E-state index in [4.69, 9.17) is 10.00 Å². The molecule has 1 unspecified atom stereocenters. The first-order valence-electron chi connectivity index (χ1n) is 7.00. The third kappa shape index (κ3) is 4.15. The van der Waals surface area contributed by atoms with Crippen LogP contribution < -0.4 is 10.1 Å². The van der Waals surface area contributed by atoms with Crippen molar-refractivity contribution in [3.63, 3.8) is 0 Å². The first-order chi connectivity index (χ1) is 10.6. The van der Waals surface area contributed by atoms with Crippen LogP contribution in [0.15, 0.2) is 12.4 Å². The Bertz CT molecular complexity index is 598. The lowest BCUT2D eigenvalue weighted by molar-refractivity contribution is -0.134. The van der Waals surface area contributed by atoms with Crippen molar-refractivity contribution in [1.82, 2.24) is 20.2 Å². The van der Waals surface area contributed by atoms with Crippen LogP contribution in [-0.4, -0.2) is 52.4 Å². The van der Waals surface area contributed by atoms with Crippen LogP contribution in [0.3, 0.4) is 0 Å². The average Bonchev–Trinajstić information content (AvgIpc) is 2.53. The highest BCUT2D eigenvalue weighted by Gasteiger charge is 2.26. The van der Waals surface area contributed by atoms with Crippen LogP contribution in [0.1, 0.15) is 25.5 Å². The number of likely N-dealkylation sites (tertiary alicyclic amines) is 1. The van der Waals surface area contributed by atoms with E-state index >= 15 is 0 Å². The lowest BCUT2D eigenvalue weighted by Crippen LogP contribution is -2.47. The zero-order chi connectivity index (χ0) is 15.9. The van der Waals surface area contributed by atoms with Gasteiger partial charge < -0.3 is 15.0 Å². The molecule has 0 aromatic carbocycles. The number of carbonyl (C=O) groups excluding carboxylic acids is 2. The third-order valence-electron chi connectivity index (χ3n) is 3.27. The summed E-state index contributed by atoms with van der Waals surface area (Å²) in [5.74, 6) is -0.203. The number of hydrogen-bond donors (Lipinski definition) is 1. The second-order valence-electron chi connectivity index (χ2n) is 4.95. The second-order valence-corrected chi connectivity index (χ2v) is 4.95. The van der Waals surface area contributed by atoms with Crippen molar-refractivity contribution in [2.45, 2.75) is 25.9 Å². The zero-order valence-electron chi connectivity index (χ0n) is 12.3.